The number of nitrogens with one attached hydrogen (secondary N) is 2. The van der Waals surface area contributed by atoms with Crippen LogP contribution in [-0.4, -0.2) is 63.3 Å². The molecule has 0 saturated carbocycles. The van der Waals surface area contributed by atoms with Crippen LogP contribution in [0.5, 0.6) is 11.5 Å². The molecule has 0 amide bonds. The number of aromatic amines is 2. The van der Waals surface area contributed by atoms with E-state index in [2.05, 4.69) is 55.2 Å². The van der Waals surface area contributed by atoms with Crippen molar-refractivity contribution in [3.63, 3.8) is 0 Å². The van der Waals surface area contributed by atoms with Crippen LogP contribution in [0.2, 0.25) is 0 Å². The lowest BCUT2D eigenvalue weighted by molar-refractivity contribution is 0.313. The molecule has 1 aliphatic rings. The van der Waals surface area contributed by atoms with Gasteiger partial charge in [-0.3, -0.25) is 10.1 Å². The second kappa shape index (κ2) is 8.35. The van der Waals surface area contributed by atoms with E-state index in [-0.39, 0.29) is 0 Å². The normalized spacial score (nSPS) is 14.8. The molecule has 6 aromatic rings. The molecule has 0 unspecified atom stereocenters. The SMILES string of the molecule is CN1CCN(c2ccc3nc(-c4n[nH]c5ccc(Oc6ccnc7ccccc67)cc45)[nH]c3c2)CC1. The highest BCUT2D eigenvalue weighted by atomic mass is 16.5. The van der Waals surface area contributed by atoms with E-state index >= 15 is 0 Å². The van der Waals surface area contributed by atoms with Crippen LogP contribution < -0.4 is 9.64 Å². The number of benzene rings is 3. The molecule has 0 atom stereocenters. The van der Waals surface area contributed by atoms with E-state index in [0.29, 0.717) is 0 Å². The number of anilines is 1. The number of fused-ring (bicyclic) bond motifs is 3. The number of aromatic nitrogens is 5. The van der Waals surface area contributed by atoms with Crippen molar-refractivity contribution in [3.8, 4) is 23.0 Å². The Morgan fingerprint density at radius 2 is 1.72 bits per heavy atom. The van der Waals surface area contributed by atoms with Crippen LogP contribution in [0.25, 0.3) is 44.4 Å². The highest BCUT2D eigenvalue weighted by molar-refractivity contribution is 5.94. The van der Waals surface area contributed by atoms with Crippen molar-refractivity contribution in [2.45, 2.75) is 0 Å². The molecule has 1 saturated heterocycles. The number of para-hydroxylation sites is 1. The van der Waals surface area contributed by atoms with Gasteiger partial charge in [-0.05, 0) is 61.6 Å². The number of H-pyrrole nitrogens is 2. The molecule has 0 spiro atoms. The fraction of sp³-hybridized carbons (Fsp3) is 0.179. The summed E-state index contributed by atoms with van der Waals surface area (Å²) in [4.78, 5) is 17.6. The zero-order valence-electron chi connectivity index (χ0n) is 19.9. The number of hydrogen-bond donors (Lipinski definition) is 2. The van der Waals surface area contributed by atoms with Gasteiger partial charge in [-0.1, -0.05) is 12.1 Å². The number of piperazine rings is 1. The van der Waals surface area contributed by atoms with Crippen molar-refractivity contribution in [1.29, 1.82) is 0 Å². The smallest absolute Gasteiger partial charge is 0.159 e. The molecule has 8 nitrogen and oxygen atoms in total. The lowest BCUT2D eigenvalue weighted by Gasteiger charge is -2.34. The summed E-state index contributed by atoms with van der Waals surface area (Å²) < 4.78 is 6.29. The zero-order valence-corrected chi connectivity index (χ0v) is 19.9. The van der Waals surface area contributed by atoms with Crippen molar-refractivity contribution in [2.24, 2.45) is 0 Å². The summed E-state index contributed by atoms with van der Waals surface area (Å²) in [6.45, 7) is 4.21. The fourth-order valence-corrected chi connectivity index (χ4v) is 4.89. The first kappa shape index (κ1) is 20.9. The third kappa shape index (κ3) is 3.63. The number of ether oxygens (including phenoxy) is 1. The Kier molecular flexibility index (Phi) is 4.85. The van der Waals surface area contributed by atoms with Crippen LogP contribution in [0.4, 0.5) is 5.69 Å². The third-order valence-electron chi connectivity index (χ3n) is 6.93. The van der Waals surface area contributed by atoms with Crippen molar-refractivity contribution in [1.82, 2.24) is 30.0 Å². The summed E-state index contributed by atoms with van der Waals surface area (Å²) in [5, 5.41) is 9.63. The highest BCUT2D eigenvalue weighted by Crippen LogP contribution is 2.33. The summed E-state index contributed by atoms with van der Waals surface area (Å²) in [6, 6.07) is 22.2. The van der Waals surface area contributed by atoms with Gasteiger partial charge in [0.1, 0.15) is 17.2 Å². The van der Waals surface area contributed by atoms with Crippen LogP contribution in [0, 0.1) is 0 Å². The van der Waals surface area contributed by atoms with Crippen LogP contribution in [0.15, 0.2) is 72.9 Å². The Bertz CT molecular complexity index is 1710. The fourth-order valence-electron chi connectivity index (χ4n) is 4.89. The largest absolute Gasteiger partial charge is 0.457 e. The number of pyridine rings is 1. The van der Waals surface area contributed by atoms with Crippen LogP contribution >= 0.6 is 0 Å². The van der Waals surface area contributed by atoms with Gasteiger partial charge >= 0.3 is 0 Å². The predicted octanol–water partition coefficient (Wildman–Crippen LogP) is 5.20. The Balaban J connectivity index is 1.23. The first-order valence-electron chi connectivity index (χ1n) is 12.1. The molecule has 3 aromatic heterocycles. The maximum atomic E-state index is 6.29. The summed E-state index contributed by atoms with van der Waals surface area (Å²) in [5.74, 6) is 2.23. The van der Waals surface area contributed by atoms with E-state index < -0.39 is 0 Å². The van der Waals surface area contributed by atoms with Gasteiger partial charge in [0, 0.05) is 48.8 Å². The van der Waals surface area contributed by atoms with Crippen molar-refractivity contribution >= 4 is 38.5 Å². The van der Waals surface area contributed by atoms with Crippen molar-refractivity contribution < 1.29 is 4.74 Å². The average molecular weight is 476 g/mol. The molecule has 0 bridgehead atoms. The summed E-state index contributed by atoms with van der Waals surface area (Å²) in [7, 11) is 2.17. The molecular formula is C28H25N7O. The van der Waals surface area contributed by atoms with E-state index in [1.165, 1.54) is 5.69 Å². The number of imidazole rings is 1. The topological polar surface area (TPSA) is 86.0 Å². The minimum Gasteiger partial charge on any atom is -0.457 e. The molecule has 4 heterocycles. The Morgan fingerprint density at radius 1 is 0.833 bits per heavy atom. The van der Waals surface area contributed by atoms with Gasteiger partial charge in [0.25, 0.3) is 0 Å². The number of nitrogens with zero attached hydrogens (tertiary/aromatic N) is 5. The molecule has 3 aromatic carbocycles. The number of rotatable bonds is 4. The Morgan fingerprint density at radius 3 is 2.64 bits per heavy atom. The lowest BCUT2D eigenvalue weighted by atomic mass is 10.2. The minimum absolute atomic E-state index is 0.731. The second-order valence-corrected chi connectivity index (χ2v) is 9.29. The van der Waals surface area contributed by atoms with Gasteiger partial charge < -0.3 is 19.5 Å². The quantitative estimate of drug-likeness (QED) is 0.365. The standard InChI is InChI=1S/C28H25N7O/c1-34-12-14-35(15-13-34)18-6-8-24-25(16-18)31-28(30-24)27-21-17-19(7-9-23(21)32-33-27)36-26-10-11-29-22-5-3-2-4-20(22)26/h2-11,16-17H,12-15H2,1H3,(H,30,31)(H,32,33). The van der Waals surface area contributed by atoms with Gasteiger partial charge in [0.05, 0.1) is 22.1 Å². The maximum absolute atomic E-state index is 6.29. The molecule has 8 heteroatoms. The van der Waals surface area contributed by atoms with Gasteiger partial charge in [0.15, 0.2) is 5.82 Å². The summed E-state index contributed by atoms with van der Waals surface area (Å²) in [5.41, 5.74) is 5.75. The number of likely N-dealkylation sites (N-methyl/N-ethyl adjacent to an activating group) is 1. The maximum Gasteiger partial charge on any atom is 0.159 e. The van der Waals surface area contributed by atoms with E-state index in [1.807, 2.05) is 48.5 Å². The molecule has 1 fully saturated rings. The van der Waals surface area contributed by atoms with Crippen LogP contribution in [0.3, 0.4) is 0 Å². The van der Waals surface area contributed by atoms with Crippen molar-refractivity contribution in [2.75, 3.05) is 38.1 Å². The Labute approximate surface area is 207 Å². The molecule has 0 radical (unpaired) electrons. The van der Waals surface area contributed by atoms with Gasteiger partial charge in [-0.25, -0.2) is 4.98 Å². The second-order valence-electron chi connectivity index (χ2n) is 9.29. The molecular weight excluding hydrogens is 450 g/mol. The van der Waals surface area contributed by atoms with Crippen LogP contribution in [0.1, 0.15) is 0 Å². The van der Waals surface area contributed by atoms with Crippen molar-refractivity contribution in [3.05, 3.63) is 72.9 Å². The van der Waals surface area contributed by atoms with E-state index in [1.54, 1.807) is 6.20 Å². The third-order valence-corrected chi connectivity index (χ3v) is 6.93. The summed E-state index contributed by atoms with van der Waals surface area (Å²) >= 11 is 0. The summed E-state index contributed by atoms with van der Waals surface area (Å²) in [6.07, 6.45) is 1.77. The van der Waals surface area contributed by atoms with Gasteiger partial charge in [0.2, 0.25) is 0 Å². The molecule has 0 aliphatic carbocycles. The lowest BCUT2D eigenvalue weighted by Crippen LogP contribution is -2.44. The van der Waals surface area contributed by atoms with E-state index in [4.69, 9.17) is 9.72 Å². The average Bonchev–Trinajstić information content (AvgIpc) is 3.52. The monoisotopic (exact) mass is 475 g/mol. The molecule has 7 rings (SSSR count). The molecule has 36 heavy (non-hydrogen) atoms. The Hall–Kier alpha value is -4.43. The predicted molar refractivity (Wildman–Crippen MR) is 143 cm³/mol. The van der Waals surface area contributed by atoms with Crippen LogP contribution in [-0.2, 0) is 0 Å². The zero-order chi connectivity index (χ0) is 24.1. The first-order valence-corrected chi connectivity index (χ1v) is 12.1. The molecule has 178 valence electrons. The molecule has 2 N–H and O–H groups in total. The van der Waals surface area contributed by atoms with E-state index in [9.17, 15) is 0 Å². The minimum atomic E-state index is 0.731. The molecule has 1 aliphatic heterocycles. The first-order chi connectivity index (χ1) is 17.7. The van der Waals surface area contributed by atoms with Gasteiger partial charge in [-0.15, -0.1) is 0 Å². The highest BCUT2D eigenvalue weighted by Gasteiger charge is 2.17. The van der Waals surface area contributed by atoms with E-state index in [0.717, 1.165) is 82.0 Å². The number of hydrogen-bond acceptors (Lipinski definition) is 6. The van der Waals surface area contributed by atoms with Gasteiger partial charge in [-0.2, -0.15) is 5.10 Å².